The fourth-order valence-corrected chi connectivity index (χ4v) is 3.46. The number of hydrogen-bond donors (Lipinski definition) is 2. The van der Waals surface area contributed by atoms with Gasteiger partial charge < -0.3 is 19.9 Å². The van der Waals surface area contributed by atoms with Gasteiger partial charge in [0.25, 0.3) is 11.5 Å². The highest BCUT2D eigenvalue weighted by Gasteiger charge is 2.25. The van der Waals surface area contributed by atoms with Crippen LogP contribution in [-0.4, -0.2) is 29.5 Å². The average molecular weight is 468 g/mol. The lowest BCUT2D eigenvalue weighted by molar-refractivity contribution is -0.118. The van der Waals surface area contributed by atoms with Gasteiger partial charge in [0.1, 0.15) is 11.8 Å². The van der Waals surface area contributed by atoms with Gasteiger partial charge in [-0.15, -0.1) is 0 Å². The van der Waals surface area contributed by atoms with E-state index in [0.29, 0.717) is 22.0 Å². The number of pyridine rings is 1. The fraction of sp³-hybridized carbons (Fsp3) is 0.240. The molecule has 2 amide bonds. The van der Waals surface area contributed by atoms with E-state index < -0.39 is 6.04 Å². The predicted octanol–water partition coefficient (Wildman–Crippen LogP) is 3.95. The molecule has 8 heteroatoms. The number of benzene rings is 2. The third-order valence-corrected chi connectivity index (χ3v) is 5.51. The van der Waals surface area contributed by atoms with Crippen molar-refractivity contribution in [2.45, 2.75) is 26.4 Å². The highest BCUT2D eigenvalue weighted by atomic mass is 35.5. The first-order chi connectivity index (χ1) is 15.8. The molecule has 2 aromatic carbocycles. The molecule has 3 rings (SSSR count). The van der Waals surface area contributed by atoms with Gasteiger partial charge in [0.2, 0.25) is 5.91 Å². The first kappa shape index (κ1) is 24.1. The molecule has 0 aliphatic carbocycles. The number of anilines is 1. The zero-order chi connectivity index (χ0) is 24.0. The Morgan fingerprint density at radius 3 is 2.36 bits per heavy atom. The van der Waals surface area contributed by atoms with E-state index in [-0.39, 0.29) is 29.8 Å². The van der Waals surface area contributed by atoms with E-state index in [0.717, 1.165) is 5.56 Å². The van der Waals surface area contributed by atoms with Gasteiger partial charge >= 0.3 is 0 Å². The number of carbonyl (C=O) groups is 2. The van der Waals surface area contributed by atoms with Crippen LogP contribution in [0.25, 0.3) is 0 Å². The molecule has 0 aliphatic rings. The minimum atomic E-state index is -0.774. The fourth-order valence-electron chi connectivity index (χ4n) is 3.26. The minimum Gasteiger partial charge on any atom is -0.497 e. The molecule has 0 radical (unpaired) electrons. The predicted molar refractivity (Wildman–Crippen MR) is 129 cm³/mol. The van der Waals surface area contributed by atoms with Crippen LogP contribution in [0.5, 0.6) is 5.75 Å². The summed E-state index contributed by atoms with van der Waals surface area (Å²) in [5.74, 6) is -0.275. The van der Waals surface area contributed by atoms with Crippen LogP contribution in [-0.2, 0) is 11.3 Å². The van der Waals surface area contributed by atoms with Crippen LogP contribution in [0.1, 0.15) is 29.8 Å². The monoisotopic (exact) mass is 467 g/mol. The summed E-state index contributed by atoms with van der Waals surface area (Å²) in [7, 11) is 1.55. The molecule has 33 heavy (non-hydrogen) atoms. The second-order valence-electron chi connectivity index (χ2n) is 7.89. The van der Waals surface area contributed by atoms with Crippen LogP contribution >= 0.6 is 11.6 Å². The molecular formula is C25H26ClN3O4. The van der Waals surface area contributed by atoms with Gasteiger partial charge in [0.15, 0.2) is 0 Å². The molecule has 0 aliphatic heterocycles. The van der Waals surface area contributed by atoms with E-state index in [1.54, 1.807) is 43.6 Å². The Morgan fingerprint density at radius 2 is 1.73 bits per heavy atom. The second-order valence-corrected chi connectivity index (χ2v) is 8.30. The standard InChI is InChI=1S/C25H26ClN3O4/c1-16(2)23(28-24(31)17-8-11-20(33-3)12-9-17)25(32)27-19-10-13-22(30)29(15-19)14-18-6-4-5-7-21(18)26/h4-13,15-16,23H,14H2,1-3H3,(H,27,32)(H,28,31). The molecule has 172 valence electrons. The number of ether oxygens (including phenoxy) is 1. The Balaban J connectivity index is 1.74. The lowest BCUT2D eigenvalue weighted by atomic mass is 10.0. The van der Waals surface area contributed by atoms with E-state index in [4.69, 9.17) is 16.3 Å². The molecule has 1 unspecified atom stereocenters. The van der Waals surface area contributed by atoms with Gasteiger partial charge in [0.05, 0.1) is 19.3 Å². The van der Waals surface area contributed by atoms with Gasteiger partial charge in [0, 0.05) is 22.8 Å². The van der Waals surface area contributed by atoms with Gasteiger partial charge in [-0.3, -0.25) is 14.4 Å². The Morgan fingerprint density at radius 1 is 1.03 bits per heavy atom. The normalized spacial score (nSPS) is 11.7. The van der Waals surface area contributed by atoms with Crippen LogP contribution in [0.2, 0.25) is 5.02 Å². The number of amides is 2. The number of carbonyl (C=O) groups excluding carboxylic acids is 2. The largest absolute Gasteiger partial charge is 0.497 e. The quantitative estimate of drug-likeness (QED) is 0.525. The first-order valence-electron chi connectivity index (χ1n) is 10.5. The summed E-state index contributed by atoms with van der Waals surface area (Å²) in [6, 6.07) is 16.0. The van der Waals surface area contributed by atoms with E-state index in [9.17, 15) is 14.4 Å². The van der Waals surface area contributed by atoms with Gasteiger partial charge in [-0.1, -0.05) is 43.6 Å². The van der Waals surface area contributed by atoms with Crippen LogP contribution in [0.15, 0.2) is 71.7 Å². The summed E-state index contributed by atoms with van der Waals surface area (Å²) in [4.78, 5) is 37.9. The third-order valence-electron chi connectivity index (χ3n) is 5.14. The molecule has 7 nitrogen and oxygen atoms in total. The van der Waals surface area contributed by atoms with Crippen molar-refractivity contribution < 1.29 is 14.3 Å². The van der Waals surface area contributed by atoms with Crippen molar-refractivity contribution in [2.24, 2.45) is 5.92 Å². The number of nitrogens with one attached hydrogen (secondary N) is 2. The number of aromatic nitrogens is 1. The molecule has 0 bridgehead atoms. The first-order valence-corrected chi connectivity index (χ1v) is 10.9. The zero-order valence-corrected chi connectivity index (χ0v) is 19.4. The summed E-state index contributed by atoms with van der Waals surface area (Å²) >= 11 is 6.21. The molecule has 0 saturated heterocycles. The Bertz CT molecular complexity index is 1190. The van der Waals surface area contributed by atoms with Crippen LogP contribution in [0, 0.1) is 5.92 Å². The molecule has 0 saturated carbocycles. The van der Waals surface area contributed by atoms with Crippen molar-refractivity contribution in [3.63, 3.8) is 0 Å². The van der Waals surface area contributed by atoms with Crippen molar-refractivity contribution in [1.29, 1.82) is 0 Å². The van der Waals surface area contributed by atoms with Crippen molar-refractivity contribution in [1.82, 2.24) is 9.88 Å². The smallest absolute Gasteiger partial charge is 0.251 e. The number of rotatable bonds is 8. The van der Waals surface area contributed by atoms with Crippen molar-refractivity contribution in [3.05, 3.63) is 93.4 Å². The third kappa shape index (κ3) is 6.23. The average Bonchev–Trinajstić information content (AvgIpc) is 2.80. The SMILES string of the molecule is COc1ccc(C(=O)NC(C(=O)Nc2ccc(=O)n(Cc3ccccc3Cl)c2)C(C)C)cc1. The number of methoxy groups -OCH3 is 1. The number of nitrogens with zero attached hydrogens (tertiary/aromatic N) is 1. The second kappa shape index (κ2) is 10.8. The maximum Gasteiger partial charge on any atom is 0.251 e. The maximum absolute atomic E-state index is 13.0. The van der Waals surface area contributed by atoms with Gasteiger partial charge in [-0.2, -0.15) is 0 Å². The molecular weight excluding hydrogens is 442 g/mol. The van der Waals surface area contributed by atoms with Crippen LogP contribution in [0.3, 0.4) is 0 Å². The summed E-state index contributed by atoms with van der Waals surface area (Å²) in [5, 5.41) is 6.14. The van der Waals surface area contributed by atoms with E-state index in [1.807, 2.05) is 32.0 Å². The van der Waals surface area contributed by atoms with E-state index in [1.165, 1.54) is 16.7 Å². The molecule has 1 heterocycles. The Kier molecular flexibility index (Phi) is 7.90. The highest BCUT2D eigenvalue weighted by Crippen LogP contribution is 2.17. The van der Waals surface area contributed by atoms with Crippen LogP contribution in [0.4, 0.5) is 5.69 Å². The number of halogens is 1. The summed E-state index contributed by atoms with van der Waals surface area (Å²) in [6.07, 6.45) is 1.56. The molecule has 0 spiro atoms. The summed E-state index contributed by atoms with van der Waals surface area (Å²) < 4.78 is 6.58. The molecule has 1 aromatic heterocycles. The minimum absolute atomic E-state index is 0.166. The lowest BCUT2D eigenvalue weighted by Crippen LogP contribution is -2.47. The maximum atomic E-state index is 13.0. The summed E-state index contributed by atoms with van der Waals surface area (Å²) in [6.45, 7) is 3.96. The van der Waals surface area contributed by atoms with E-state index in [2.05, 4.69) is 10.6 Å². The van der Waals surface area contributed by atoms with Crippen molar-refractivity contribution >= 4 is 29.1 Å². The highest BCUT2D eigenvalue weighted by molar-refractivity contribution is 6.31. The molecule has 2 N–H and O–H groups in total. The van der Waals surface area contributed by atoms with Crippen LogP contribution < -0.4 is 20.9 Å². The zero-order valence-electron chi connectivity index (χ0n) is 18.7. The topological polar surface area (TPSA) is 89.4 Å². The number of hydrogen-bond acceptors (Lipinski definition) is 4. The van der Waals surface area contributed by atoms with E-state index >= 15 is 0 Å². The molecule has 0 fully saturated rings. The molecule has 1 atom stereocenters. The Hall–Kier alpha value is -3.58. The van der Waals surface area contributed by atoms with Gasteiger partial charge in [-0.05, 0) is 47.9 Å². The molecule has 3 aromatic rings. The van der Waals surface area contributed by atoms with Gasteiger partial charge in [-0.25, -0.2) is 0 Å². The van der Waals surface area contributed by atoms with Crippen molar-refractivity contribution in [3.8, 4) is 5.75 Å². The van der Waals surface area contributed by atoms with Crippen molar-refractivity contribution in [2.75, 3.05) is 12.4 Å². The summed E-state index contributed by atoms with van der Waals surface area (Å²) in [5.41, 5.74) is 1.43. The Labute approximate surface area is 197 Å². The lowest BCUT2D eigenvalue weighted by Gasteiger charge is -2.22.